The predicted molar refractivity (Wildman–Crippen MR) is 55.3 cm³/mol. The molecular formula is C12H24. The normalized spacial score (nSPS) is 43.0. The second-order valence-corrected chi connectivity index (χ2v) is 5.04. The fourth-order valence-electron chi connectivity index (χ4n) is 2.84. The molecule has 1 rings (SSSR count). The van der Waals surface area contributed by atoms with Gasteiger partial charge in [0.1, 0.15) is 0 Å². The average Bonchev–Trinajstić information content (AvgIpc) is 2.10. The second kappa shape index (κ2) is 3.40. The van der Waals surface area contributed by atoms with E-state index in [1.807, 2.05) is 0 Å². The highest BCUT2D eigenvalue weighted by Gasteiger charge is 2.43. The molecule has 12 heavy (non-hydrogen) atoms. The third-order valence-corrected chi connectivity index (χ3v) is 4.72. The van der Waals surface area contributed by atoms with Crippen LogP contribution in [0.5, 0.6) is 0 Å². The molecule has 0 N–H and O–H groups in total. The van der Waals surface area contributed by atoms with E-state index in [1.54, 1.807) is 0 Å². The van der Waals surface area contributed by atoms with Crippen LogP contribution in [0.15, 0.2) is 0 Å². The summed E-state index contributed by atoms with van der Waals surface area (Å²) in [5.41, 5.74) is 1.25. The molecule has 0 radical (unpaired) electrons. The zero-order chi connectivity index (χ0) is 9.24. The van der Waals surface area contributed by atoms with Crippen LogP contribution in [0.2, 0.25) is 0 Å². The van der Waals surface area contributed by atoms with Crippen LogP contribution in [0.25, 0.3) is 0 Å². The maximum atomic E-state index is 2.50. The van der Waals surface area contributed by atoms with Gasteiger partial charge >= 0.3 is 0 Å². The molecule has 1 unspecified atom stereocenters. The topological polar surface area (TPSA) is 0 Å². The van der Waals surface area contributed by atoms with Crippen molar-refractivity contribution in [2.75, 3.05) is 0 Å². The zero-order valence-corrected chi connectivity index (χ0v) is 9.24. The van der Waals surface area contributed by atoms with Gasteiger partial charge in [-0.3, -0.25) is 0 Å². The van der Waals surface area contributed by atoms with E-state index in [1.165, 1.54) is 38.5 Å². The van der Waals surface area contributed by atoms with E-state index < -0.39 is 0 Å². The Morgan fingerprint density at radius 3 is 1.42 bits per heavy atom. The molecule has 0 aliphatic heterocycles. The molecule has 0 heteroatoms. The van der Waals surface area contributed by atoms with Crippen molar-refractivity contribution in [3.05, 3.63) is 0 Å². The van der Waals surface area contributed by atoms with Crippen molar-refractivity contribution in [1.82, 2.24) is 0 Å². The SMILES string of the molecule is CCC1(C)CCCC[C@@]1(C)CC. The molecule has 1 aliphatic carbocycles. The van der Waals surface area contributed by atoms with Gasteiger partial charge in [-0.2, -0.15) is 0 Å². The Labute approximate surface area is 77.7 Å². The third kappa shape index (κ3) is 1.41. The highest BCUT2D eigenvalue weighted by molar-refractivity contribution is 4.93. The van der Waals surface area contributed by atoms with Gasteiger partial charge in [0.15, 0.2) is 0 Å². The molecular weight excluding hydrogens is 144 g/mol. The number of hydrogen-bond acceptors (Lipinski definition) is 0. The molecule has 0 heterocycles. The molecule has 1 saturated carbocycles. The van der Waals surface area contributed by atoms with Gasteiger partial charge in [0.05, 0.1) is 0 Å². The minimum atomic E-state index is 0.625. The summed E-state index contributed by atoms with van der Waals surface area (Å²) in [5.74, 6) is 0. The van der Waals surface area contributed by atoms with Gasteiger partial charge in [-0.05, 0) is 23.7 Å². The summed E-state index contributed by atoms with van der Waals surface area (Å²) in [7, 11) is 0. The quantitative estimate of drug-likeness (QED) is 0.573. The largest absolute Gasteiger partial charge is 0.0648 e. The maximum Gasteiger partial charge on any atom is -0.0275 e. The maximum absolute atomic E-state index is 2.50. The van der Waals surface area contributed by atoms with E-state index in [0.717, 1.165) is 0 Å². The third-order valence-electron chi connectivity index (χ3n) is 4.72. The monoisotopic (exact) mass is 168 g/mol. The van der Waals surface area contributed by atoms with Crippen molar-refractivity contribution in [2.24, 2.45) is 10.8 Å². The first kappa shape index (κ1) is 10.1. The Balaban J connectivity index is 2.79. The first-order chi connectivity index (χ1) is 5.58. The Morgan fingerprint density at radius 1 is 0.833 bits per heavy atom. The van der Waals surface area contributed by atoms with Gasteiger partial charge in [0, 0.05) is 0 Å². The van der Waals surface area contributed by atoms with Crippen molar-refractivity contribution in [1.29, 1.82) is 0 Å². The fraction of sp³-hybridized carbons (Fsp3) is 1.00. The minimum absolute atomic E-state index is 0.625. The molecule has 1 aliphatic rings. The Kier molecular flexibility index (Phi) is 2.85. The van der Waals surface area contributed by atoms with Crippen LogP contribution < -0.4 is 0 Å². The summed E-state index contributed by atoms with van der Waals surface area (Å²) in [6.45, 7) is 9.71. The molecule has 2 atom stereocenters. The average molecular weight is 168 g/mol. The van der Waals surface area contributed by atoms with Crippen LogP contribution >= 0.6 is 0 Å². The molecule has 0 aromatic carbocycles. The summed E-state index contributed by atoms with van der Waals surface area (Å²) in [4.78, 5) is 0. The Bertz CT molecular complexity index is 132. The number of rotatable bonds is 2. The van der Waals surface area contributed by atoms with Crippen molar-refractivity contribution in [3.8, 4) is 0 Å². The van der Waals surface area contributed by atoms with Crippen molar-refractivity contribution in [2.45, 2.75) is 66.2 Å². The van der Waals surface area contributed by atoms with E-state index >= 15 is 0 Å². The van der Waals surface area contributed by atoms with Crippen LogP contribution in [0, 0.1) is 10.8 Å². The Morgan fingerprint density at radius 2 is 1.17 bits per heavy atom. The summed E-state index contributed by atoms with van der Waals surface area (Å²) in [6.07, 6.45) is 8.54. The molecule has 0 aromatic heterocycles. The molecule has 0 spiro atoms. The van der Waals surface area contributed by atoms with Crippen molar-refractivity contribution >= 4 is 0 Å². The lowest BCUT2D eigenvalue weighted by Gasteiger charge is -2.50. The van der Waals surface area contributed by atoms with Gasteiger partial charge in [-0.15, -0.1) is 0 Å². The van der Waals surface area contributed by atoms with Gasteiger partial charge in [-0.1, -0.05) is 53.4 Å². The van der Waals surface area contributed by atoms with E-state index in [9.17, 15) is 0 Å². The molecule has 0 bridgehead atoms. The first-order valence-corrected chi connectivity index (χ1v) is 5.58. The number of hydrogen-bond donors (Lipinski definition) is 0. The highest BCUT2D eigenvalue weighted by Crippen LogP contribution is 2.54. The minimum Gasteiger partial charge on any atom is -0.0648 e. The van der Waals surface area contributed by atoms with E-state index in [2.05, 4.69) is 27.7 Å². The van der Waals surface area contributed by atoms with Gasteiger partial charge in [-0.25, -0.2) is 0 Å². The first-order valence-electron chi connectivity index (χ1n) is 5.58. The fourth-order valence-corrected chi connectivity index (χ4v) is 2.84. The van der Waals surface area contributed by atoms with Crippen molar-refractivity contribution in [3.63, 3.8) is 0 Å². The van der Waals surface area contributed by atoms with Gasteiger partial charge < -0.3 is 0 Å². The molecule has 0 nitrogen and oxygen atoms in total. The molecule has 0 aromatic rings. The summed E-state index contributed by atoms with van der Waals surface area (Å²) >= 11 is 0. The standard InChI is InChI=1S/C12H24/c1-5-11(3)9-7-8-10-12(11,4)6-2/h5-10H2,1-4H3/t11-,12?/m1/s1. The summed E-state index contributed by atoms with van der Waals surface area (Å²) in [6, 6.07) is 0. The smallest absolute Gasteiger partial charge is 0.0275 e. The zero-order valence-electron chi connectivity index (χ0n) is 9.24. The molecule has 0 saturated heterocycles. The molecule has 1 fully saturated rings. The van der Waals surface area contributed by atoms with E-state index in [-0.39, 0.29) is 0 Å². The van der Waals surface area contributed by atoms with Gasteiger partial charge in [0.2, 0.25) is 0 Å². The van der Waals surface area contributed by atoms with Crippen molar-refractivity contribution < 1.29 is 0 Å². The lowest BCUT2D eigenvalue weighted by molar-refractivity contribution is 0.00896. The van der Waals surface area contributed by atoms with Gasteiger partial charge in [0.25, 0.3) is 0 Å². The van der Waals surface area contributed by atoms with E-state index in [4.69, 9.17) is 0 Å². The predicted octanol–water partition coefficient (Wildman–Crippen LogP) is 4.39. The van der Waals surface area contributed by atoms with Crippen LogP contribution in [0.1, 0.15) is 66.2 Å². The van der Waals surface area contributed by atoms with Crippen LogP contribution in [-0.4, -0.2) is 0 Å². The lowest BCUT2D eigenvalue weighted by atomic mass is 9.55. The molecule has 72 valence electrons. The Hall–Kier alpha value is 0. The summed E-state index contributed by atoms with van der Waals surface area (Å²) in [5, 5.41) is 0. The van der Waals surface area contributed by atoms with Crippen LogP contribution in [0.4, 0.5) is 0 Å². The molecule has 0 amide bonds. The second-order valence-electron chi connectivity index (χ2n) is 5.04. The van der Waals surface area contributed by atoms with E-state index in [0.29, 0.717) is 10.8 Å². The summed E-state index contributed by atoms with van der Waals surface area (Å²) < 4.78 is 0. The van der Waals surface area contributed by atoms with Crippen LogP contribution in [-0.2, 0) is 0 Å². The lowest BCUT2D eigenvalue weighted by Crippen LogP contribution is -2.39. The highest BCUT2D eigenvalue weighted by atomic mass is 14.5. The van der Waals surface area contributed by atoms with Crippen LogP contribution in [0.3, 0.4) is 0 Å².